The molecule has 1 amide bonds. The molecule has 0 fully saturated rings. The van der Waals surface area contributed by atoms with Crippen molar-refractivity contribution >= 4 is 23.3 Å². The molecule has 0 aliphatic heterocycles. The molecule has 92 valence electrons. The number of hydrogen-bond donors (Lipinski definition) is 1. The van der Waals surface area contributed by atoms with Crippen LogP contribution in [0.2, 0.25) is 0 Å². The number of carbonyl (C=O) groups excluding carboxylic acids is 1. The Labute approximate surface area is 105 Å². The Kier molecular flexibility index (Phi) is 5.42. The molecule has 1 aromatic rings. The van der Waals surface area contributed by atoms with E-state index in [1.807, 2.05) is 25.3 Å². The second-order valence-electron chi connectivity index (χ2n) is 3.53. The van der Waals surface area contributed by atoms with Crippen LogP contribution < -0.4 is 5.32 Å². The molecule has 0 aliphatic carbocycles. The molecule has 0 spiro atoms. The summed E-state index contributed by atoms with van der Waals surface area (Å²) in [5, 5.41) is 4.48. The molecule has 0 atom stereocenters. The molecule has 0 aliphatic rings. The lowest BCUT2D eigenvalue weighted by Gasteiger charge is -2.12. The van der Waals surface area contributed by atoms with Gasteiger partial charge in [0.15, 0.2) is 0 Å². The van der Waals surface area contributed by atoms with Crippen molar-refractivity contribution in [3.63, 3.8) is 0 Å². The summed E-state index contributed by atoms with van der Waals surface area (Å²) in [6, 6.07) is 3.81. The summed E-state index contributed by atoms with van der Waals surface area (Å²) >= 11 is 1.37. The topological polar surface area (TPSA) is 50.7 Å². The van der Waals surface area contributed by atoms with E-state index in [4.69, 9.17) is 4.74 Å². The van der Waals surface area contributed by atoms with Gasteiger partial charge in [-0.05, 0) is 25.3 Å². The van der Waals surface area contributed by atoms with Crippen molar-refractivity contribution in [3.8, 4) is 0 Å². The third kappa shape index (κ3) is 4.82. The minimum atomic E-state index is -0.205. The van der Waals surface area contributed by atoms with Gasteiger partial charge in [0, 0.05) is 0 Å². The summed E-state index contributed by atoms with van der Waals surface area (Å²) in [7, 11) is 0. The lowest BCUT2D eigenvalue weighted by Crippen LogP contribution is -2.33. The number of amides is 1. The zero-order chi connectivity index (χ0) is 12.7. The van der Waals surface area contributed by atoms with Gasteiger partial charge in [-0.2, -0.15) is 0 Å². The van der Waals surface area contributed by atoms with Gasteiger partial charge in [-0.25, -0.2) is 4.99 Å². The number of ether oxygens (including phenoxy) is 1. The van der Waals surface area contributed by atoms with Crippen molar-refractivity contribution in [2.75, 3.05) is 6.54 Å². The molecule has 0 unspecified atom stereocenters. The smallest absolute Gasteiger partial charge is 0.292 e. The summed E-state index contributed by atoms with van der Waals surface area (Å²) in [5.74, 6) is -0.205. The van der Waals surface area contributed by atoms with Crippen LogP contribution in [0.4, 0.5) is 0 Å². The van der Waals surface area contributed by atoms with Crippen molar-refractivity contribution in [2.24, 2.45) is 4.99 Å². The van der Waals surface area contributed by atoms with Crippen LogP contribution in [0.1, 0.15) is 23.5 Å². The van der Waals surface area contributed by atoms with Gasteiger partial charge < -0.3 is 4.74 Å². The van der Waals surface area contributed by atoms with Gasteiger partial charge in [0.05, 0.1) is 17.5 Å². The van der Waals surface area contributed by atoms with Crippen molar-refractivity contribution < 1.29 is 9.53 Å². The van der Waals surface area contributed by atoms with E-state index >= 15 is 0 Å². The van der Waals surface area contributed by atoms with Crippen LogP contribution >= 0.6 is 11.3 Å². The van der Waals surface area contributed by atoms with E-state index in [2.05, 4.69) is 16.9 Å². The van der Waals surface area contributed by atoms with Gasteiger partial charge in [0.1, 0.15) is 0 Å². The zero-order valence-corrected chi connectivity index (χ0v) is 10.8. The molecule has 0 saturated heterocycles. The second-order valence-corrected chi connectivity index (χ2v) is 4.48. The SMILES string of the molecule is C=CCN=C(NC(=O)c1cccs1)OC(C)C. The van der Waals surface area contributed by atoms with Gasteiger partial charge in [-0.15, -0.1) is 17.9 Å². The highest BCUT2D eigenvalue weighted by Gasteiger charge is 2.11. The number of hydrogen-bond acceptors (Lipinski definition) is 4. The Morgan fingerprint density at radius 1 is 1.71 bits per heavy atom. The van der Waals surface area contributed by atoms with Crippen molar-refractivity contribution in [1.29, 1.82) is 0 Å². The minimum absolute atomic E-state index is 0.0396. The van der Waals surface area contributed by atoms with Crippen molar-refractivity contribution in [3.05, 3.63) is 35.0 Å². The van der Waals surface area contributed by atoms with Gasteiger partial charge >= 0.3 is 0 Å². The summed E-state index contributed by atoms with van der Waals surface area (Å²) in [4.78, 5) is 16.5. The standard InChI is InChI=1S/C12H16N2O2S/c1-4-7-13-12(16-9(2)3)14-11(15)10-6-5-8-17-10/h4-6,8-9H,1,7H2,2-3H3,(H,13,14,15). The van der Waals surface area contributed by atoms with Gasteiger partial charge in [-0.1, -0.05) is 12.1 Å². The number of amidine groups is 1. The predicted octanol–water partition coefficient (Wildman–Crippen LogP) is 2.44. The molecule has 1 aromatic heterocycles. The fraction of sp³-hybridized carbons (Fsp3) is 0.333. The number of nitrogens with one attached hydrogen (secondary N) is 1. The molecule has 1 N–H and O–H groups in total. The first-order valence-corrected chi connectivity index (χ1v) is 6.18. The van der Waals surface area contributed by atoms with E-state index in [1.165, 1.54) is 11.3 Å². The zero-order valence-electron chi connectivity index (χ0n) is 9.97. The highest BCUT2D eigenvalue weighted by molar-refractivity contribution is 7.12. The molecule has 1 rings (SSSR count). The van der Waals surface area contributed by atoms with Crippen LogP contribution in [0.3, 0.4) is 0 Å². The molecule has 4 nitrogen and oxygen atoms in total. The van der Waals surface area contributed by atoms with Crippen molar-refractivity contribution in [1.82, 2.24) is 5.32 Å². The molecule has 17 heavy (non-hydrogen) atoms. The minimum Gasteiger partial charge on any atom is -0.462 e. The number of aliphatic imine (C=N–C) groups is 1. The van der Waals surface area contributed by atoms with E-state index in [0.717, 1.165) is 0 Å². The Morgan fingerprint density at radius 3 is 3.00 bits per heavy atom. The fourth-order valence-electron chi connectivity index (χ4n) is 1.04. The van der Waals surface area contributed by atoms with Crippen LogP contribution in [0.15, 0.2) is 35.2 Å². The maximum Gasteiger partial charge on any atom is 0.292 e. The molecule has 1 heterocycles. The summed E-state index contributed by atoms with van der Waals surface area (Å²) < 4.78 is 5.40. The van der Waals surface area contributed by atoms with Gasteiger partial charge in [0.2, 0.25) is 0 Å². The normalized spacial score (nSPS) is 11.4. The Balaban J connectivity index is 2.65. The van der Waals surface area contributed by atoms with E-state index < -0.39 is 0 Å². The summed E-state index contributed by atoms with van der Waals surface area (Å²) in [5.41, 5.74) is 0. The number of nitrogens with zero attached hydrogens (tertiary/aromatic N) is 1. The number of carbonyl (C=O) groups is 1. The average Bonchev–Trinajstić information content (AvgIpc) is 2.78. The monoisotopic (exact) mass is 252 g/mol. The largest absolute Gasteiger partial charge is 0.462 e. The molecule has 0 saturated carbocycles. The molecular weight excluding hydrogens is 236 g/mol. The molecule has 0 bridgehead atoms. The van der Waals surface area contributed by atoms with Crippen molar-refractivity contribution in [2.45, 2.75) is 20.0 Å². The van der Waals surface area contributed by atoms with Crippen LogP contribution in [0.5, 0.6) is 0 Å². The Morgan fingerprint density at radius 2 is 2.47 bits per heavy atom. The molecule has 5 heteroatoms. The van der Waals surface area contributed by atoms with Crippen LogP contribution in [0.25, 0.3) is 0 Å². The third-order valence-electron chi connectivity index (χ3n) is 1.68. The van der Waals surface area contributed by atoms with E-state index in [1.54, 1.807) is 12.1 Å². The maximum absolute atomic E-state index is 11.8. The lowest BCUT2D eigenvalue weighted by atomic mass is 10.4. The average molecular weight is 252 g/mol. The lowest BCUT2D eigenvalue weighted by molar-refractivity contribution is 0.0964. The van der Waals surface area contributed by atoms with E-state index in [9.17, 15) is 4.79 Å². The third-order valence-corrected chi connectivity index (χ3v) is 2.55. The summed E-state index contributed by atoms with van der Waals surface area (Å²) in [6.07, 6.45) is 1.60. The first-order valence-electron chi connectivity index (χ1n) is 5.30. The maximum atomic E-state index is 11.8. The summed E-state index contributed by atoms with van der Waals surface area (Å²) in [6.45, 7) is 7.73. The molecular formula is C12H16N2O2S. The van der Waals surface area contributed by atoms with Crippen LogP contribution in [-0.2, 0) is 4.74 Å². The fourth-order valence-corrected chi connectivity index (χ4v) is 1.66. The number of thiophene rings is 1. The number of rotatable bonds is 4. The van der Waals surface area contributed by atoms with E-state index in [0.29, 0.717) is 11.4 Å². The van der Waals surface area contributed by atoms with Gasteiger partial charge in [-0.3, -0.25) is 10.1 Å². The highest BCUT2D eigenvalue weighted by Crippen LogP contribution is 2.07. The van der Waals surface area contributed by atoms with E-state index in [-0.39, 0.29) is 18.0 Å². The van der Waals surface area contributed by atoms with Crippen LogP contribution in [0, 0.1) is 0 Å². The second kappa shape index (κ2) is 6.85. The highest BCUT2D eigenvalue weighted by atomic mass is 32.1. The predicted molar refractivity (Wildman–Crippen MR) is 70.5 cm³/mol. The van der Waals surface area contributed by atoms with Gasteiger partial charge in [0.25, 0.3) is 11.9 Å². The Hall–Kier alpha value is -1.62. The van der Waals surface area contributed by atoms with Crippen LogP contribution in [-0.4, -0.2) is 24.6 Å². The first-order chi connectivity index (χ1) is 8.13. The molecule has 0 radical (unpaired) electrons. The molecule has 0 aromatic carbocycles. The first kappa shape index (κ1) is 13.4. The quantitative estimate of drug-likeness (QED) is 0.508. The Bertz CT molecular complexity index is 397.